The molecule has 1 aromatic carbocycles. The minimum Gasteiger partial charge on any atom is -0.384 e. The molecule has 0 radical (unpaired) electrons. The van der Waals surface area contributed by atoms with Gasteiger partial charge in [0.05, 0.1) is 5.56 Å². The third-order valence-corrected chi connectivity index (χ3v) is 3.43. The van der Waals surface area contributed by atoms with Gasteiger partial charge in [0.25, 0.3) is 5.91 Å². The highest BCUT2D eigenvalue weighted by Crippen LogP contribution is 2.14. The van der Waals surface area contributed by atoms with Gasteiger partial charge in [-0.15, -0.1) is 0 Å². The fourth-order valence-corrected chi connectivity index (χ4v) is 2.18. The maximum Gasteiger partial charge on any atom is 0.251 e. The van der Waals surface area contributed by atoms with Crippen LogP contribution in [0.1, 0.15) is 28.8 Å². The molecule has 1 saturated heterocycles. The van der Waals surface area contributed by atoms with E-state index in [9.17, 15) is 9.18 Å². The standard InChI is InChI=1S/C16H18FNO3/c17-15-10-14(4-3-13(15)2-1-7-19)16(20)18-11-12-5-8-21-9-6-12/h3-4,10,12,19H,5-9,11H2,(H,18,20). The van der Waals surface area contributed by atoms with E-state index in [0.717, 1.165) is 26.1 Å². The average Bonchev–Trinajstić information content (AvgIpc) is 2.52. The SMILES string of the molecule is O=C(NCC1CCOCC1)c1ccc(C#CCO)c(F)c1. The summed E-state index contributed by atoms with van der Waals surface area (Å²) in [4.78, 5) is 12.0. The molecule has 1 fully saturated rings. The number of nitrogens with one attached hydrogen (secondary N) is 1. The Labute approximate surface area is 123 Å². The Bertz CT molecular complexity index is 556. The Morgan fingerprint density at radius 1 is 1.43 bits per heavy atom. The zero-order chi connectivity index (χ0) is 15.1. The number of benzene rings is 1. The van der Waals surface area contributed by atoms with Crippen LogP contribution in [-0.4, -0.2) is 37.4 Å². The summed E-state index contributed by atoms with van der Waals surface area (Å²) in [5.41, 5.74) is 0.444. The Morgan fingerprint density at radius 2 is 2.19 bits per heavy atom. The molecule has 0 spiro atoms. The third-order valence-electron chi connectivity index (χ3n) is 3.43. The Morgan fingerprint density at radius 3 is 2.86 bits per heavy atom. The van der Waals surface area contributed by atoms with Crippen molar-refractivity contribution >= 4 is 5.91 Å². The molecule has 2 N–H and O–H groups in total. The molecule has 5 heteroatoms. The lowest BCUT2D eigenvalue weighted by Gasteiger charge is -2.22. The lowest BCUT2D eigenvalue weighted by molar-refractivity contribution is 0.0642. The van der Waals surface area contributed by atoms with E-state index in [1.54, 1.807) is 0 Å². The Hall–Kier alpha value is -1.90. The third kappa shape index (κ3) is 4.55. The summed E-state index contributed by atoms with van der Waals surface area (Å²) in [5, 5.41) is 11.4. The summed E-state index contributed by atoms with van der Waals surface area (Å²) >= 11 is 0. The first kappa shape index (κ1) is 15.5. The lowest BCUT2D eigenvalue weighted by Crippen LogP contribution is -2.32. The van der Waals surface area contributed by atoms with E-state index in [0.29, 0.717) is 12.5 Å². The number of halogens is 1. The maximum absolute atomic E-state index is 13.7. The van der Waals surface area contributed by atoms with Crippen molar-refractivity contribution in [3.8, 4) is 11.8 Å². The first-order chi connectivity index (χ1) is 10.2. The second-order valence-corrected chi connectivity index (χ2v) is 4.92. The van der Waals surface area contributed by atoms with E-state index in [4.69, 9.17) is 9.84 Å². The highest BCUT2D eigenvalue weighted by atomic mass is 19.1. The topological polar surface area (TPSA) is 58.6 Å². The van der Waals surface area contributed by atoms with Crippen LogP contribution in [0.2, 0.25) is 0 Å². The van der Waals surface area contributed by atoms with Crippen LogP contribution in [-0.2, 0) is 4.74 Å². The summed E-state index contributed by atoms with van der Waals surface area (Å²) in [6, 6.07) is 4.14. The summed E-state index contributed by atoms with van der Waals surface area (Å²) < 4.78 is 19.0. The number of aliphatic hydroxyl groups is 1. The highest BCUT2D eigenvalue weighted by Gasteiger charge is 2.15. The first-order valence-electron chi connectivity index (χ1n) is 6.96. The molecule has 1 heterocycles. The predicted molar refractivity (Wildman–Crippen MR) is 76.2 cm³/mol. The Balaban J connectivity index is 1.94. The van der Waals surface area contributed by atoms with Crippen molar-refractivity contribution in [1.29, 1.82) is 0 Å². The summed E-state index contributed by atoms with van der Waals surface area (Å²) in [6.45, 7) is 1.71. The molecule has 0 atom stereocenters. The molecular weight excluding hydrogens is 273 g/mol. The zero-order valence-electron chi connectivity index (χ0n) is 11.7. The van der Waals surface area contributed by atoms with Crippen LogP contribution >= 0.6 is 0 Å². The number of hydrogen-bond acceptors (Lipinski definition) is 3. The van der Waals surface area contributed by atoms with Crippen LogP contribution in [0.15, 0.2) is 18.2 Å². The van der Waals surface area contributed by atoms with Gasteiger partial charge >= 0.3 is 0 Å². The van der Waals surface area contributed by atoms with Crippen molar-refractivity contribution < 1.29 is 19.0 Å². The number of rotatable bonds is 3. The average molecular weight is 291 g/mol. The van der Waals surface area contributed by atoms with Crippen molar-refractivity contribution in [2.24, 2.45) is 5.92 Å². The molecule has 4 nitrogen and oxygen atoms in total. The van der Waals surface area contributed by atoms with Gasteiger partial charge < -0.3 is 15.2 Å². The van der Waals surface area contributed by atoms with Crippen LogP contribution in [0.25, 0.3) is 0 Å². The molecule has 21 heavy (non-hydrogen) atoms. The van der Waals surface area contributed by atoms with Gasteiger partial charge in [0, 0.05) is 25.3 Å². The van der Waals surface area contributed by atoms with Crippen molar-refractivity contribution in [2.75, 3.05) is 26.4 Å². The molecule has 0 aromatic heterocycles. The van der Waals surface area contributed by atoms with Gasteiger partial charge in [-0.2, -0.15) is 0 Å². The molecule has 0 bridgehead atoms. The minimum absolute atomic E-state index is 0.171. The molecule has 0 unspecified atom stereocenters. The maximum atomic E-state index is 13.7. The van der Waals surface area contributed by atoms with Gasteiger partial charge in [0.1, 0.15) is 12.4 Å². The summed E-state index contributed by atoms with van der Waals surface area (Å²) in [7, 11) is 0. The van der Waals surface area contributed by atoms with Crippen molar-refractivity contribution in [3.63, 3.8) is 0 Å². The number of carbonyl (C=O) groups excluding carboxylic acids is 1. The lowest BCUT2D eigenvalue weighted by atomic mass is 10.0. The van der Waals surface area contributed by atoms with Crippen LogP contribution in [0, 0.1) is 23.6 Å². The number of amides is 1. The van der Waals surface area contributed by atoms with Gasteiger partial charge in [0.15, 0.2) is 0 Å². The summed E-state index contributed by atoms with van der Waals surface area (Å²) in [6.07, 6.45) is 1.87. The fraction of sp³-hybridized carbons (Fsp3) is 0.438. The molecule has 0 saturated carbocycles. The van der Waals surface area contributed by atoms with Gasteiger partial charge in [-0.1, -0.05) is 11.8 Å². The molecule has 1 amide bonds. The minimum atomic E-state index is -0.560. The van der Waals surface area contributed by atoms with Crippen LogP contribution in [0.4, 0.5) is 4.39 Å². The van der Waals surface area contributed by atoms with Crippen molar-refractivity contribution in [3.05, 3.63) is 35.1 Å². The molecule has 1 aliphatic heterocycles. The smallest absolute Gasteiger partial charge is 0.251 e. The quantitative estimate of drug-likeness (QED) is 0.826. The molecule has 2 rings (SSSR count). The first-order valence-corrected chi connectivity index (χ1v) is 6.96. The predicted octanol–water partition coefficient (Wildman–Crippen LogP) is 1.33. The second kappa shape index (κ2) is 7.77. The molecule has 1 aromatic rings. The normalized spacial score (nSPS) is 15.1. The highest BCUT2D eigenvalue weighted by molar-refractivity contribution is 5.94. The molecule has 112 valence electrons. The van der Waals surface area contributed by atoms with E-state index in [1.165, 1.54) is 18.2 Å². The van der Waals surface area contributed by atoms with Crippen molar-refractivity contribution in [2.45, 2.75) is 12.8 Å². The van der Waals surface area contributed by atoms with E-state index in [-0.39, 0.29) is 23.6 Å². The van der Waals surface area contributed by atoms with E-state index in [1.807, 2.05) is 0 Å². The van der Waals surface area contributed by atoms with Crippen LogP contribution in [0.3, 0.4) is 0 Å². The zero-order valence-corrected chi connectivity index (χ0v) is 11.7. The number of aliphatic hydroxyl groups excluding tert-OH is 1. The van der Waals surface area contributed by atoms with Crippen LogP contribution < -0.4 is 5.32 Å². The van der Waals surface area contributed by atoms with Gasteiger partial charge in [0.2, 0.25) is 0 Å². The van der Waals surface area contributed by atoms with Crippen molar-refractivity contribution in [1.82, 2.24) is 5.32 Å². The number of carbonyl (C=O) groups is 1. The van der Waals surface area contributed by atoms with E-state index < -0.39 is 5.82 Å². The monoisotopic (exact) mass is 291 g/mol. The van der Waals surface area contributed by atoms with Gasteiger partial charge in [-0.3, -0.25) is 4.79 Å². The fourth-order valence-electron chi connectivity index (χ4n) is 2.18. The molecule has 1 aliphatic rings. The second-order valence-electron chi connectivity index (χ2n) is 4.92. The molecule has 0 aliphatic carbocycles. The van der Waals surface area contributed by atoms with Gasteiger partial charge in [-0.25, -0.2) is 4.39 Å². The van der Waals surface area contributed by atoms with Gasteiger partial charge in [-0.05, 0) is 37.0 Å². The van der Waals surface area contributed by atoms with E-state index in [2.05, 4.69) is 17.2 Å². The Kier molecular flexibility index (Phi) is 5.73. The number of hydrogen-bond donors (Lipinski definition) is 2. The molecular formula is C16H18FNO3. The van der Waals surface area contributed by atoms with E-state index >= 15 is 0 Å². The van der Waals surface area contributed by atoms with Crippen LogP contribution in [0.5, 0.6) is 0 Å². The summed E-state index contributed by atoms with van der Waals surface area (Å²) in [5.74, 6) is 4.44. The number of ether oxygens (including phenoxy) is 1. The largest absolute Gasteiger partial charge is 0.384 e.